The maximum atomic E-state index is 11.8. The molecule has 2 rings (SSSR count). The molecule has 2 nitrogen and oxygen atoms in total. The Bertz CT molecular complexity index is 508. The number of benzene rings is 2. The Morgan fingerprint density at radius 1 is 1.06 bits per heavy atom. The van der Waals surface area contributed by atoms with Gasteiger partial charge in [-0.2, -0.15) is 0 Å². The summed E-state index contributed by atoms with van der Waals surface area (Å²) in [5.41, 5.74) is 2.10. The molecule has 0 atom stereocenters. The van der Waals surface area contributed by atoms with Crippen molar-refractivity contribution < 1.29 is 4.79 Å². The summed E-state index contributed by atoms with van der Waals surface area (Å²) in [6.45, 7) is 2.11. The molecule has 0 spiro atoms. The number of hydrogen-bond donors (Lipinski definition) is 1. The van der Waals surface area contributed by atoms with Crippen LogP contribution in [0.1, 0.15) is 12.5 Å². The fourth-order valence-corrected chi connectivity index (χ4v) is 2.24. The van der Waals surface area contributed by atoms with Crippen LogP contribution in [0.2, 0.25) is 0 Å². The number of carbonyl (C=O) groups excluding carboxylic acids is 1. The number of carbonyl (C=O) groups is 1. The number of hydrogen-bond acceptors (Lipinski definition) is 2. The molecule has 0 aliphatic rings. The van der Waals surface area contributed by atoms with Gasteiger partial charge in [-0.05, 0) is 48.0 Å². The van der Waals surface area contributed by atoms with E-state index >= 15 is 0 Å². The predicted octanol–water partition coefficient (Wildman–Crippen LogP) is 4.57. The van der Waals surface area contributed by atoms with Gasteiger partial charge in [0.25, 0.3) is 5.24 Å². The molecule has 0 bridgehead atoms. The lowest BCUT2D eigenvalue weighted by Gasteiger charge is -2.05. The van der Waals surface area contributed by atoms with Crippen LogP contribution in [0, 0.1) is 0 Å². The fraction of sp³-hybridized carbons (Fsp3) is 0.133. The highest BCUT2D eigenvalue weighted by Gasteiger charge is 2.04. The summed E-state index contributed by atoms with van der Waals surface area (Å²) in [4.78, 5) is 12.7. The first-order valence-electron chi connectivity index (χ1n) is 5.91. The molecule has 2 aromatic carbocycles. The minimum atomic E-state index is -0.0644. The second-order valence-corrected chi connectivity index (χ2v) is 4.92. The van der Waals surface area contributed by atoms with E-state index in [0.29, 0.717) is 0 Å². The highest BCUT2D eigenvalue weighted by molar-refractivity contribution is 8.13. The van der Waals surface area contributed by atoms with E-state index in [1.165, 1.54) is 17.3 Å². The average Bonchev–Trinajstić information content (AvgIpc) is 2.40. The Kier molecular flexibility index (Phi) is 4.42. The van der Waals surface area contributed by atoms with Crippen molar-refractivity contribution in [2.24, 2.45) is 0 Å². The van der Waals surface area contributed by atoms with E-state index in [-0.39, 0.29) is 5.24 Å². The van der Waals surface area contributed by atoms with Crippen LogP contribution >= 0.6 is 11.8 Å². The van der Waals surface area contributed by atoms with E-state index in [1.54, 1.807) is 0 Å². The van der Waals surface area contributed by atoms with Crippen molar-refractivity contribution in [1.82, 2.24) is 0 Å². The number of aryl methyl sites for hydroxylation is 1. The van der Waals surface area contributed by atoms with Gasteiger partial charge in [0.05, 0.1) is 0 Å². The van der Waals surface area contributed by atoms with E-state index in [1.807, 2.05) is 54.6 Å². The van der Waals surface area contributed by atoms with Gasteiger partial charge in [-0.1, -0.05) is 37.3 Å². The normalized spacial score (nSPS) is 10.1. The molecular weight excluding hydrogens is 242 g/mol. The number of nitrogens with one attached hydrogen (secondary N) is 1. The molecule has 0 saturated carbocycles. The summed E-state index contributed by atoms with van der Waals surface area (Å²) < 4.78 is 0. The maximum Gasteiger partial charge on any atom is 0.288 e. The van der Waals surface area contributed by atoms with Crippen LogP contribution in [0.3, 0.4) is 0 Å². The quantitative estimate of drug-likeness (QED) is 0.816. The third kappa shape index (κ3) is 3.64. The average molecular weight is 257 g/mol. The molecule has 0 aliphatic carbocycles. The van der Waals surface area contributed by atoms with Crippen molar-refractivity contribution in [3.63, 3.8) is 0 Å². The Morgan fingerprint density at radius 2 is 1.72 bits per heavy atom. The van der Waals surface area contributed by atoms with Crippen LogP contribution in [0.5, 0.6) is 0 Å². The van der Waals surface area contributed by atoms with Gasteiger partial charge < -0.3 is 5.32 Å². The van der Waals surface area contributed by atoms with Crippen molar-refractivity contribution in [2.75, 3.05) is 5.32 Å². The first kappa shape index (κ1) is 12.7. The minimum absolute atomic E-state index is 0.0644. The number of rotatable bonds is 3. The van der Waals surface area contributed by atoms with Gasteiger partial charge in [-0.3, -0.25) is 4.79 Å². The van der Waals surface area contributed by atoms with E-state index in [9.17, 15) is 4.79 Å². The van der Waals surface area contributed by atoms with Gasteiger partial charge in [0, 0.05) is 10.6 Å². The summed E-state index contributed by atoms with van der Waals surface area (Å²) in [5.74, 6) is 0. The Hall–Kier alpha value is -1.74. The number of anilines is 1. The van der Waals surface area contributed by atoms with Crippen LogP contribution in [0.4, 0.5) is 10.5 Å². The zero-order chi connectivity index (χ0) is 12.8. The summed E-state index contributed by atoms with van der Waals surface area (Å²) in [7, 11) is 0. The van der Waals surface area contributed by atoms with Gasteiger partial charge in [0.1, 0.15) is 0 Å². The zero-order valence-corrected chi connectivity index (χ0v) is 11.0. The monoisotopic (exact) mass is 257 g/mol. The molecule has 18 heavy (non-hydrogen) atoms. The van der Waals surface area contributed by atoms with Crippen LogP contribution in [0.15, 0.2) is 59.5 Å². The molecule has 0 radical (unpaired) electrons. The summed E-state index contributed by atoms with van der Waals surface area (Å²) >= 11 is 1.20. The summed E-state index contributed by atoms with van der Waals surface area (Å²) in [6, 6.07) is 17.5. The van der Waals surface area contributed by atoms with Gasteiger partial charge >= 0.3 is 0 Å². The highest BCUT2D eigenvalue weighted by Crippen LogP contribution is 2.20. The predicted molar refractivity (Wildman–Crippen MR) is 77.1 cm³/mol. The molecule has 3 heteroatoms. The lowest BCUT2D eigenvalue weighted by atomic mass is 10.1. The lowest BCUT2D eigenvalue weighted by Crippen LogP contribution is -2.04. The van der Waals surface area contributed by atoms with Crippen molar-refractivity contribution in [3.05, 3.63) is 60.2 Å². The first-order valence-corrected chi connectivity index (χ1v) is 6.72. The molecule has 0 saturated heterocycles. The van der Waals surface area contributed by atoms with E-state index < -0.39 is 0 Å². The van der Waals surface area contributed by atoms with Gasteiger partial charge in [-0.25, -0.2) is 0 Å². The lowest BCUT2D eigenvalue weighted by molar-refractivity contribution is 0.270. The molecule has 1 amide bonds. The van der Waals surface area contributed by atoms with Crippen LogP contribution < -0.4 is 5.32 Å². The largest absolute Gasteiger partial charge is 0.317 e. The van der Waals surface area contributed by atoms with Crippen molar-refractivity contribution in [1.29, 1.82) is 0 Å². The van der Waals surface area contributed by atoms with E-state index in [0.717, 1.165) is 17.0 Å². The van der Waals surface area contributed by atoms with E-state index in [2.05, 4.69) is 12.2 Å². The molecular formula is C15H15NOS. The zero-order valence-electron chi connectivity index (χ0n) is 10.2. The van der Waals surface area contributed by atoms with Crippen LogP contribution in [0.25, 0.3) is 0 Å². The Labute approximate surface area is 111 Å². The first-order chi connectivity index (χ1) is 8.78. The molecule has 0 unspecified atom stereocenters. The topological polar surface area (TPSA) is 29.1 Å². The highest BCUT2D eigenvalue weighted by atomic mass is 32.2. The van der Waals surface area contributed by atoms with Crippen molar-refractivity contribution in [3.8, 4) is 0 Å². The molecule has 0 aliphatic heterocycles. The Morgan fingerprint density at radius 3 is 2.33 bits per heavy atom. The molecule has 0 aromatic heterocycles. The second kappa shape index (κ2) is 6.26. The molecule has 92 valence electrons. The van der Waals surface area contributed by atoms with Crippen LogP contribution in [-0.4, -0.2) is 5.24 Å². The summed E-state index contributed by atoms with van der Waals surface area (Å²) in [5, 5.41) is 2.80. The summed E-state index contributed by atoms with van der Waals surface area (Å²) in [6.07, 6.45) is 1.01. The molecule has 0 fully saturated rings. The molecule has 1 N–H and O–H groups in total. The van der Waals surface area contributed by atoms with E-state index in [4.69, 9.17) is 0 Å². The van der Waals surface area contributed by atoms with Crippen molar-refractivity contribution >= 4 is 22.7 Å². The fourth-order valence-electron chi connectivity index (χ4n) is 1.56. The number of thioether (sulfide) groups is 1. The van der Waals surface area contributed by atoms with Crippen LogP contribution in [-0.2, 0) is 6.42 Å². The standard InChI is InChI=1S/C15H15NOS/c1-2-12-8-10-13(11-9-12)16-15(17)18-14-6-4-3-5-7-14/h3-11H,2H2,1H3,(H,16,17). The third-order valence-corrected chi connectivity index (χ3v) is 3.36. The maximum absolute atomic E-state index is 11.8. The van der Waals surface area contributed by atoms with Gasteiger partial charge in [0.15, 0.2) is 0 Å². The van der Waals surface area contributed by atoms with Gasteiger partial charge in [-0.15, -0.1) is 0 Å². The third-order valence-electron chi connectivity index (χ3n) is 2.56. The SMILES string of the molecule is CCc1ccc(NC(=O)Sc2ccccc2)cc1. The Balaban J connectivity index is 1.94. The second-order valence-electron chi connectivity index (χ2n) is 3.88. The minimum Gasteiger partial charge on any atom is -0.317 e. The molecule has 2 aromatic rings. The van der Waals surface area contributed by atoms with Gasteiger partial charge in [0.2, 0.25) is 0 Å². The van der Waals surface area contributed by atoms with Crippen molar-refractivity contribution in [2.45, 2.75) is 18.2 Å². The number of amides is 1. The molecule has 0 heterocycles. The smallest absolute Gasteiger partial charge is 0.288 e.